The largest absolute Gasteiger partial charge is 0.374 e. The van der Waals surface area contributed by atoms with Gasteiger partial charge in [-0.3, -0.25) is 9.78 Å². The number of nitrogens with one attached hydrogen (secondary N) is 1. The molecule has 1 aliphatic carbocycles. The molecule has 152 valence electrons. The first-order valence-corrected chi connectivity index (χ1v) is 11.4. The zero-order valence-electron chi connectivity index (χ0n) is 16.2. The van der Waals surface area contributed by atoms with Crippen LogP contribution in [0.15, 0.2) is 18.3 Å². The fourth-order valence-electron chi connectivity index (χ4n) is 3.77. The monoisotopic (exact) mass is 429 g/mol. The molecule has 0 aromatic carbocycles. The molecule has 2 atom stereocenters. The van der Waals surface area contributed by atoms with Crippen molar-refractivity contribution in [2.45, 2.75) is 57.3 Å². The Bertz CT molecular complexity index is 986. The van der Waals surface area contributed by atoms with Gasteiger partial charge in [-0.2, -0.15) is 0 Å². The summed E-state index contributed by atoms with van der Waals surface area (Å²) >= 11 is 2.93. The molecular weight excluding hydrogens is 406 g/mol. The summed E-state index contributed by atoms with van der Waals surface area (Å²) in [5.74, 6) is 0.568. The SMILES string of the molecule is CCc1cccnc1CC(=O)Nc1nnc(C2CCCC(c3nnc(N)s3)C2)s1. The lowest BCUT2D eigenvalue weighted by atomic mass is 9.82. The minimum Gasteiger partial charge on any atom is -0.374 e. The minimum absolute atomic E-state index is 0.119. The molecule has 1 aliphatic rings. The van der Waals surface area contributed by atoms with E-state index in [0.29, 0.717) is 22.1 Å². The van der Waals surface area contributed by atoms with Gasteiger partial charge < -0.3 is 11.1 Å². The van der Waals surface area contributed by atoms with E-state index in [9.17, 15) is 4.79 Å². The van der Waals surface area contributed by atoms with Gasteiger partial charge in [0.15, 0.2) is 0 Å². The molecule has 10 heteroatoms. The Labute approximate surface area is 177 Å². The lowest BCUT2D eigenvalue weighted by Gasteiger charge is -2.25. The summed E-state index contributed by atoms with van der Waals surface area (Å²) in [5, 5.41) is 22.6. The highest BCUT2D eigenvalue weighted by Crippen LogP contribution is 2.43. The normalized spacial score (nSPS) is 19.2. The summed E-state index contributed by atoms with van der Waals surface area (Å²) in [7, 11) is 0. The fourth-order valence-corrected chi connectivity index (χ4v) is 5.43. The first-order valence-electron chi connectivity index (χ1n) is 9.77. The van der Waals surface area contributed by atoms with Crippen LogP contribution in [0.5, 0.6) is 0 Å². The van der Waals surface area contributed by atoms with Crippen molar-refractivity contribution in [2.24, 2.45) is 0 Å². The van der Waals surface area contributed by atoms with Crippen molar-refractivity contribution >= 4 is 38.8 Å². The average molecular weight is 430 g/mol. The van der Waals surface area contributed by atoms with Gasteiger partial charge in [0, 0.05) is 18.0 Å². The summed E-state index contributed by atoms with van der Waals surface area (Å²) in [6.45, 7) is 2.06. The van der Waals surface area contributed by atoms with Gasteiger partial charge in [-0.15, -0.1) is 20.4 Å². The molecule has 8 nitrogen and oxygen atoms in total. The number of anilines is 2. The molecule has 29 heavy (non-hydrogen) atoms. The smallest absolute Gasteiger partial charge is 0.232 e. The van der Waals surface area contributed by atoms with Crippen LogP contribution in [0, 0.1) is 0 Å². The van der Waals surface area contributed by atoms with E-state index in [4.69, 9.17) is 5.73 Å². The summed E-state index contributed by atoms with van der Waals surface area (Å²) in [4.78, 5) is 16.8. The zero-order chi connectivity index (χ0) is 20.2. The maximum atomic E-state index is 12.4. The van der Waals surface area contributed by atoms with E-state index >= 15 is 0 Å². The molecule has 3 heterocycles. The third-order valence-electron chi connectivity index (χ3n) is 5.21. The summed E-state index contributed by atoms with van der Waals surface area (Å²) in [6.07, 6.45) is 7.04. The second-order valence-electron chi connectivity index (χ2n) is 7.17. The molecule has 1 amide bonds. The van der Waals surface area contributed by atoms with Crippen LogP contribution in [0.4, 0.5) is 10.3 Å². The van der Waals surface area contributed by atoms with Gasteiger partial charge in [0.25, 0.3) is 0 Å². The highest BCUT2D eigenvalue weighted by molar-refractivity contribution is 7.15. The van der Waals surface area contributed by atoms with Crippen LogP contribution >= 0.6 is 22.7 Å². The molecular formula is C19H23N7OS2. The van der Waals surface area contributed by atoms with Crippen molar-refractivity contribution in [1.29, 1.82) is 0 Å². The average Bonchev–Trinajstić information content (AvgIpc) is 3.37. The van der Waals surface area contributed by atoms with Crippen LogP contribution in [-0.4, -0.2) is 31.3 Å². The summed E-state index contributed by atoms with van der Waals surface area (Å²) < 4.78 is 0. The highest BCUT2D eigenvalue weighted by Gasteiger charge is 2.29. The topological polar surface area (TPSA) is 120 Å². The van der Waals surface area contributed by atoms with Gasteiger partial charge in [-0.1, -0.05) is 42.1 Å². The van der Waals surface area contributed by atoms with Crippen molar-refractivity contribution in [1.82, 2.24) is 25.4 Å². The number of aromatic nitrogens is 5. The van der Waals surface area contributed by atoms with Gasteiger partial charge in [0.05, 0.1) is 12.1 Å². The molecule has 3 N–H and O–H groups in total. The molecule has 0 aliphatic heterocycles. The fraction of sp³-hybridized carbons (Fsp3) is 0.474. The number of nitrogens with zero attached hydrogens (tertiary/aromatic N) is 5. The number of nitrogens with two attached hydrogens (primary N) is 1. The minimum atomic E-state index is -0.119. The number of carbonyl (C=O) groups excluding carboxylic acids is 1. The molecule has 0 spiro atoms. The van der Waals surface area contributed by atoms with Crippen molar-refractivity contribution in [3.8, 4) is 0 Å². The number of nitrogen functional groups attached to an aromatic ring is 1. The van der Waals surface area contributed by atoms with E-state index in [0.717, 1.165) is 53.4 Å². The predicted molar refractivity (Wildman–Crippen MR) is 114 cm³/mol. The molecule has 4 rings (SSSR count). The van der Waals surface area contributed by atoms with Crippen LogP contribution in [0.3, 0.4) is 0 Å². The number of rotatable bonds is 6. The van der Waals surface area contributed by atoms with Crippen LogP contribution in [-0.2, 0) is 17.6 Å². The Kier molecular flexibility index (Phi) is 6.10. The number of hydrogen-bond donors (Lipinski definition) is 2. The molecule has 3 aromatic heterocycles. The van der Waals surface area contributed by atoms with Crippen LogP contribution < -0.4 is 11.1 Å². The van der Waals surface area contributed by atoms with Gasteiger partial charge in [-0.05, 0) is 37.3 Å². The van der Waals surface area contributed by atoms with Crippen LogP contribution in [0.2, 0.25) is 0 Å². The van der Waals surface area contributed by atoms with Gasteiger partial charge in [0.2, 0.25) is 16.2 Å². The van der Waals surface area contributed by atoms with Crippen molar-refractivity contribution in [3.05, 3.63) is 39.6 Å². The molecule has 0 saturated heterocycles. The molecule has 2 unspecified atom stereocenters. The number of aryl methyl sites for hydroxylation is 1. The molecule has 1 fully saturated rings. The number of amides is 1. The maximum absolute atomic E-state index is 12.4. The van der Waals surface area contributed by atoms with Crippen molar-refractivity contribution in [3.63, 3.8) is 0 Å². The van der Waals surface area contributed by atoms with E-state index < -0.39 is 0 Å². The molecule has 0 bridgehead atoms. The molecule has 1 saturated carbocycles. The second-order valence-corrected chi connectivity index (χ2v) is 9.22. The third-order valence-corrected chi connectivity index (χ3v) is 7.13. The summed E-state index contributed by atoms with van der Waals surface area (Å²) in [6, 6.07) is 3.90. The van der Waals surface area contributed by atoms with E-state index in [2.05, 4.69) is 37.6 Å². The van der Waals surface area contributed by atoms with Crippen molar-refractivity contribution in [2.75, 3.05) is 11.1 Å². The lowest BCUT2D eigenvalue weighted by molar-refractivity contribution is -0.115. The highest BCUT2D eigenvalue weighted by atomic mass is 32.1. The van der Waals surface area contributed by atoms with E-state index in [1.807, 2.05) is 12.1 Å². The molecule has 3 aromatic rings. The van der Waals surface area contributed by atoms with Crippen LogP contribution in [0.1, 0.15) is 65.7 Å². The third kappa shape index (κ3) is 4.76. The maximum Gasteiger partial charge on any atom is 0.232 e. The Morgan fingerprint density at radius 1 is 1.17 bits per heavy atom. The Morgan fingerprint density at radius 3 is 2.66 bits per heavy atom. The van der Waals surface area contributed by atoms with Gasteiger partial charge in [-0.25, -0.2) is 0 Å². The number of hydrogen-bond acceptors (Lipinski definition) is 9. The first-order chi connectivity index (χ1) is 14.1. The Hall–Kier alpha value is -2.46. The van der Waals surface area contributed by atoms with Gasteiger partial charge in [0.1, 0.15) is 10.0 Å². The zero-order valence-corrected chi connectivity index (χ0v) is 17.8. The standard InChI is InChI=1S/C19H23N7OS2/c1-2-11-7-4-8-21-14(11)10-15(27)22-19-26-24-17(29-19)13-6-3-5-12(9-13)16-23-25-18(20)28-16/h4,7-8,12-13H,2-3,5-6,9-10H2,1H3,(H2,20,25)(H,22,26,27). The second kappa shape index (κ2) is 8.91. The van der Waals surface area contributed by atoms with E-state index in [-0.39, 0.29) is 12.3 Å². The Balaban J connectivity index is 1.38. The summed E-state index contributed by atoms with van der Waals surface area (Å²) in [5.41, 5.74) is 7.63. The van der Waals surface area contributed by atoms with Crippen molar-refractivity contribution < 1.29 is 4.79 Å². The predicted octanol–water partition coefficient (Wildman–Crippen LogP) is 3.55. The first kappa shape index (κ1) is 19.8. The Morgan fingerprint density at radius 2 is 1.93 bits per heavy atom. The van der Waals surface area contributed by atoms with Crippen LogP contribution in [0.25, 0.3) is 0 Å². The van der Waals surface area contributed by atoms with E-state index in [1.165, 1.54) is 22.7 Å². The molecule has 0 radical (unpaired) electrons. The van der Waals surface area contributed by atoms with Gasteiger partial charge >= 0.3 is 0 Å². The lowest BCUT2D eigenvalue weighted by Crippen LogP contribution is -2.16. The quantitative estimate of drug-likeness (QED) is 0.615. The number of carbonyl (C=O) groups is 1. The number of pyridine rings is 1. The van der Waals surface area contributed by atoms with E-state index in [1.54, 1.807) is 6.20 Å².